The van der Waals surface area contributed by atoms with Crippen molar-refractivity contribution in [2.24, 2.45) is 0 Å². The molecule has 2 nitrogen and oxygen atoms in total. The van der Waals surface area contributed by atoms with Crippen molar-refractivity contribution in [2.45, 2.75) is 31.8 Å². The average Bonchev–Trinajstić information content (AvgIpc) is 2.24. The molecule has 2 atom stereocenters. The molecular weight excluding hydrogens is 193 g/mol. The molecule has 0 aliphatic carbocycles. The molecule has 15 heavy (non-hydrogen) atoms. The lowest BCUT2D eigenvalue weighted by molar-refractivity contribution is -0.0225. The van der Waals surface area contributed by atoms with E-state index in [1.54, 1.807) is 4.90 Å². The highest BCUT2D eigenvalue weighted by atomic mass is 19.1. The molecule has 2 rings (SSSR count). The van der Waals surface area contributed by atoms with Gasteiger partial charge in [-0.3, -0.25) is 4.90 Å². The minimum absolute atomic E-state index is 0.243. The Kier molecular flexibility index (Phi) is 3.34. The Bertz CT molecular complexity index is 304. The Hall–Kier alpha value is -0.930. The molecule has 2 unspecified atom stereocenters. The second-order valence-corrected chi connectivity index (χ2v) is 4.07. The first-order valence-electron chi connectivity index (χ1n) is 5.36. The highest BCUT2D eigenvalue weighted by Gasteiger charge is 2.26. The average molecular weight is 209 g/mol. The highest BCUT2D eigenvalue weighted by molar-refractivity contribution is 5.14. The second kappa shape index (κ2) is 4.73. The normalized spacial score (nSPS) is 27.9. The minimum atomic E-state index is -1.01. The number of alkyl halides is 1. The quantitative estimate of drug-likeness (QED) is 0.752. The van der Waals surface area contributed by atoms with Gasteiger partial charge >= 0.3 is 0 Å². The van der Waals surface area contributed by atoms with Crippen molar-refractivity contribution in [1.29, 1.82) is 0 Å². The van der Waals surface area contributed by atoms with Crippen LogP contribution >= 0.6 is 0 Å². The minimum Gasteiger partial charge on any atom is -0.393 e. The zero-order chi connectivity index (χ0) is 10.7. The van der Waals surface area contributed by atoms with Gasteiger partial charge in [0, 0.05) is 19.5 Å². The summed E-state index contributed by atoms with van der Waals surface area (Å²) in [6.45, 7) is 1.27. The van der Waals surface area contributed by atoms with Crippen molar-refractivity contribution in [2.75, 3.05) is 6.54 Å². The van der Waals surface area contributed by atoms with Crippen molar-refractivity contribution in [3.63, 3.8) is 0 Å². The summed E-state index contributed by atoms with van der Waals surface area (Å²) in [5.41, 5.74) is 1.12. The van der Waals surface area contributed by atoms with Gasteiger partial charge in [-0.1, -0.05) is 30.3 Å². The first-order chi connectivity index (χ1) is 7.25. The summed E-state index contributed by atoms with van der Waals surface area (Å²) in [6, 6.07) is 9.87. The van der Waals surface area contributed by atoms with Crippen LogP contribution in [0.1, 0.15) is 18.4 Å². The molecule has 0 spiro atoms. The van der Waals surface area contributed by atoms with Gasteiger partial charge in [0.15, 0.2) is 6.30 Å². The summed E-state index contributed by atoms with van der Waals surface area (Å²) in [5.74, 6) is 0. The van der Waals surface area contributed by atoms with Crippen molar-refractivity contribution in [3.8, 4) is 0 Å². The third kappa shape index (κ3) is 2.76. The Labute approximate surface area is 89.3 Å². The van der Waals surface area contributed by atoms with Crippen molar-refractivity contribution in [3.05, 3.63) is 35.9 Å². The van der Waals surface area contributed by atoms with Crippen LogP contribution in [0.5, 0.6) is 0 Å². The zero-order valence-corrected chi connectivity index (χ0v) is 8.64. The van der Waals surface area contributed by atoms with Gasteiger partial charge in [-0.05, 0) is 12.0 Å². The van der Waals surface area contributed by atoms with Gasteiger partial charge in [-0.25, -0.2) is 4.39 Å². The van der Waals surface area contributed by atoms with Gasteiger partial charge in [-0.15, -0.1) is 0 Å². The molecule has 1 saturated heterocycles. The standard InChI is InChI=1S/C12H16FNO/c13-12-8-11(15)6-7-14(12)9-10-4-2-1-3-5-10/h1-5,11-12,15H,6-9H2. The molecule has 1 aliphatic heterocycles. The summed E-state index contributed by atoms with van der Waals surface area (Å²) in [4.78, 5) is 1.78. The van der Waals surface area contributed by atoms with E-state index in [0.29, 0.717) is 19.5 Å². The van der Waals surface area contributed by atoms with E-state index in [2.05, 4.69) is 0 Å². The van der Waals surface area contributed by atoms with Crippen LogP contribution in [0.2, 0.25) is 0 Å². The molecule has 1 aromatic rings. The van der Waals surface area contributed by atoms with Crippen LogP contribution in [0.25, 0.3) is 0 Å². The first kappa shape index (κ1) is 10.6. The monoisotopic (exact) mass is 209 g/mol. The lowest BCUT2D eigenvalue weighted by atomic mass is 10.1. The number of hydrogen-bond acceptors (Lipinski definition) is 2. The van der Waals surface area contributed by atoms with E-state index in [4.69, 9.17) is 0 Å². The smallest absolute Gasteiger partial charge is 0.156 e. The summed E-state index contributed by atoms with van der Waals surface area (Å²) in [5, 5.41) is 9.30. The summed E-state index contributed by atoms with van der Waals surface area (Å²) in [7, 11) is 0. The second-order valence-electron chi connectivity index (χ2n) is 4.07. The zero-order valence-electron chi connectivity index (χ0n) is 8.64. The Morgan fingerprint density at radius 2 is 2.07 bits per heavy atom. The lowest BCUT2D eigenvalue weighted by Crippen LogP contribution is -2.41. The van der Waals surface area contributed by atoms with Crippen molar-refractivity contribution in [1.82, 2.24) is 4.90 Å². The van der Waals surface area contributed by atoms with Gasteiger partial charge < -0.3 is 5.11 Å². The Morgan fingerprint density at radius 1 is 1.33 bits per heavy atom. The van der Waals surface area contributed by atoms with E-state index in [9.17, 15) is 9.50 Å². The molecule has 0 amide bonds. The van der Waals surface area contributed by atoms with E-state index in [0.717, 1.165) is 5.56 Å². The van der Waals surface area contributed by atoms with Crippen molar-refractivity contribution >= 4 is 0 Å². The molecule has 1 N–H and O–H groups in total. The number of likely N-dealkylation sites (tertiary alicyclic amines) is 1. The van der Waals surface area contributed by atoms with Crippen LogP contribution in [0.15, 0.2) is 30.3 Å². The highest BCUT2D eigenvalue weighted by Crippen LogP contribution is 2.20. The van der Waals surface area contributed by atoms with Gasteiger partial charge in [-0.2, -0.15) is 0 Å². The molecule has 0 saturated carbocycles. The fourth-order valence-corrected chi connectivity index (χ4v) is 1.94. The molecule has 1 aliphatic rings. The molecule has 0 bridgehead atoms. The molecular formula is C12H16FNO. The van der Waals surface area contributed by atoms with Crippen LogP contribution in [-0.2, 0) is 6.54 Å². The number of aliphatic hydroxyl groups is 1. The van der Waals surface area contributed by atoms with Crippen LogP contribution in [-0.4, -0.2) is 29.0 Å². The van der Waals surface area contributed by atoms with E-state index in [1.165, 1.54) is 0 Å². The molecule has 0 aromatic heterocycles. The van der Waals surface area contributed by atoms with Gasteiger partial charge in [0.1, 0.15) is 0 Å². The lowest BCUT2D eigenvalue weighted by Gasteiger charge is -2.32. The summed E-state index contributed by atoms with van der Waals surface area (Å²) in [6.07, 6.45) is -0.555. The maximum absolute atomic E-state index is 13.6. The molecule has 1 aromatic carbocycles. The first-order valence-corrected chi connectivity index (χ1v) is 5.36. The number of benzene rings is 1. The molecule has 0 radical (unpaired) electrons. The topological polar surface area (TPSA) is 23.5 Å². The van der Waals surface area contributed by atoms with E-state index >= 15 is 0 Å². The van der Waals surface area contributed by atoms with Crippen LogP contribution in [0.3, 0.4) is 0 Å². The predicted molar refractivity (Wildman–Crippen MR) is 57.0 cm³/mol. The largest absolute Gasteiger partial charge is 0.393 e. The van der Waals surface area contributed by atoms with E-state index < -0.39 is 12.4 Å². The summed E-state index contributed by atoms with van der Waals surface area (Å²) < 4.78 is 13.6. The molecule has 1 heterocycles. The molecule has 1 fully saturated rings. The van der Waals surface area contributed by atoms with E-state index in [1.807, 2.05) is 30.3 Å². The van der Waals surface area contributed by atoms with Gasteiger partial charge in [0.05, 0.1) is 6.10 Å². The Balaban J connectivity index is 1.95. The maximum Gasteiger partial charge on any atom is 0.156 e. The number of halogens is 1. The van der Waals surface area contributed by atoms with Crippen LogP contribution < -0.4 is 0 Å². The summed E-state index contributed by atoms with van der Waals surface area (Å²) >= 11 is 0. The van der Waals surface area contributed by atoms with Crippen LogP contribution in [0, 0.1) is 0 Å². The van der Waals surface area contributed by atoms with Crippen LogP contribution in [0.4, 0.5) is 4.39 Å². The van der Waals surface area contributed by atoms with Crippen molar-refractivity contribution < 1.29 is 9.50 Å². The fraction of sp³-hybridized carbons (Fsp3) is 0.500. The fourth-order valence-electron chi connectivity index (χ4n) is 1.94. The number of rotatable bonds is 2. The SMILES string of the molecule is OC1CCN(Cc2ccccc2)C(F)C1. The third-order valence-corrected chi connectivity index (χ3v) is 2.84. The maximum atomic E-state index is 13.6. The van der Waals surface area contributed by atoms with E-state index in [-0.39, 0.29) is 6.42 Å². The molecule has 3 heteroatoms. The van der Waals surface area contributed by atoms with Gasteiger partial charge in [0.25, 0.3) is 0 Å². The number of aliphatic hydroxyl groups excluding tert-OH is 1. The Morgan fingerprint density at radius 3 is 2.73 bits per heavy atom. The van der Waals surface area contributed by atoms with Gasteiger partial charge in [0.2, 0.25) is 0 Å². The third-order valence-electron chi connectivity index (χ3n) is 2.84. The number of piperidine rings is 1. The number of nitrogens with zero attached hydrogens (tertiary/aromatic N) is 1. The number of hydrogen-bond donors (Lipinski definition) is 1. The predicted octanol–water partition coefficient (Wildman–Crippen LogP) is 1.94. The molecule has 82 valence electrons.